The molecule has 3 saturated carbocycles. The van der Waals surface area contributed by atoms with E-state index in [1.165, 1.54) is 76.6 Å². The normalized spacial score (nSPS) is 40.8. The zero-order valence-corrected chi connectivity index (χ0v) is 17.4. The van der Waals surface area contributed by atoms with Gasteiger partial charge in [-0.3, -0.25) is 0 Å². The molecule has 0 bridgehead atoms. The van der Waals surface area contributed by atoms with Crippen molar-refractivity contribution < 1.29 is 5.11 Å². The van der Waals surface area contributed by atoms with Gasteiger partial charge in [0, 0.05) is 0 Å². The standard InChI is InChI=1S/C25H39NO/c1-19-7-8-20(18-24(19)27)9-10-21-6-5-14-25(2)22(11-12-23(21)25)13-17-26-15-3-4-16-26/h9-10,22-24,27H,1,3-8,11-18H2,2H3/b20-9-,21-10+/t22-,23?,24?,25?/m1/s1. The van der Waals surface area contributed by atoms with Crippen molar-refractivity contribution in [3.8, 4) is 0 Å². The van der Waals surface area contributed by atoms with Crippen LogP contribution in [0.2, 0.25) is 0 Å². The maximum atomic E-state index is 10.1. The summed E-state index contributed by atoms with van der Waals surface area (Å²) in [6.07, 6.45) is 18.5. The van der Waals surface area contributed by atoms with Crippen molar-refractivity contribution in [2.45, 2.75) is 83.7 Å². The molecule has 4 fully saturated rings. The van der Waals surface area contributed by atoms with Crippen molar-refractivity contribution in [1.82, 2.24) is 4.90 Å². The summed E-state index contributed by atoms with van der Waals surface area (Å²) < 4.78 is 0. The summed E-state index contributed by atoms with van der Waals surface area (Å²) in [7, 11) is 0. The first-order chi connectivity index (χ1) is 13.1. The Balaban J connectivity index is 1.41. The van der Waals surface area contributed by atoms with Crippen molar-refractivity contribution in [2.75, 3.05) is 19.6 Å². The first kappa shape index (κ1) is 19.5. The zero-order valence-electron chi connectivity index (χ0n) is 17.4. The summed E-state index contributed by atoms with van der Waals surface area (Å²) in [6, 6.07) is 0. The van der Waals surface area contributed by atoms with Crippen LogP contribution in [0, 0.1) is 17.3 Å². The van der Waals surface area contributed by atoms with Gasteiger partial charge in [0.05, 0.1) is 6.10 Å². The Labute approximate surface area is 166 Å². The average molecular weight is 370 g/mol. The van der Waals surface area contributed by atoms with Crippen molar-refractivity contribution in [1.29, 1.82) is 0 Å². The molecule has 2 nitrogen and oxygen atoms in total. The van der Waals surface area contributed by atoms with E-state index in [0.717, 1.165) is 36.7 Å². The van der Waals surface area contributed by atoms with Gasteiger partial charge in [0.2, 0.25) is 0 Å². The lowest BCUT2D eigenvalue weighted by molar-refractivity contribution is 0.120. The van der Waals surface area contributed by atoms with Crippen molar-refractivity contribution in [3.05, 3.63) is 35.5 Å². The Kier molecular flexibility index (Phi) is 5.94. The number of allylic oxidation sites excluding steroid dienone is 3. The molecule has 0 aromatic heterocycles. The van der Waals surface area contributed by atoms with Gasteiger partial charge in [0.1, 0.15) is 0 Å². The van der Waals surface area contributed by atoms with Crippen LogP contribution in [0.4, 0.5) is 0 Å². The highest BCUT2D eigenvalue weighted by Crippen LogP contribution is 2.58. The van der Waals surface area contributed by atoms with Crippen LogP contribution in [0.5, 0.6) is 0 Å². The monoisotopic (exact) mass is 369 g/mol. The van der Waals surface area contributed by atoms with Gasteiger partial charge in [-0.25, -0.2) is 0 Å². The lowest BCUT2D eigenvalue weighted by Crippen LogP contribution is -2.35. The Morgan fingerprint density at radius 3 is 2.70 bits per heavy atom. The van der Waals surface area contributed by atoms with Gasteiger partial charge in [0.25, 0.3) is 0 Å². The number of nitrogens with zero attached hydrogens (tertiary/aromatic N) is 1. The van der Waals surface area contributed by atoms with Gasteiger partial charge in [-0.15, -0.1) is 0 Å². The lowest BCUT2D eigenvalue weighted by Gasteiger charge is -2.42. The lowest BCUT2D eigenvalue weighted by atomic mass is 9.63. The predicted octanol–water partition coefficient (Wildman–Crippen LogP) is 5.64. The van der Waals surface area contributed by atoms with Gasteiger partial charge < -0.3 is 10.0 Å². The van der Waals surface area contributed by atoms with Crippen LogP contribution in [-0.4, -0.2) is 35.7 Å². The third-order valence-electron chi connectivity index (χ3n) is 8.38. The fourth-order valence-electron chi connectivity index (χ4n) is 6.52. The minimum absolute atomic E-state index is 0.318. The SMILES string of the molecule is C=C1CC/C(=C/C=C2\CCCC3(C)C2CC[C@@H]3CCN2CCCC2)CC1O. The molecule has 1 N–H and O–H groups in total. The highest BCUT2D eigenvalue weighted by molar-refractivity contribution is 5.27. The molecular formula is C25H39NO. The van der Waals surface area contributed by atoms with Crippen molar-refractivity contribution in [3.63, 3.8) is 0 Å². The second-order valence-electron chi connectivity index (χ2n) is 9.97. The summed E-state index contributed by atoms with van der Waals surface area (Å²) in [5.41, 5.74) is 4.67. The molecule has 1 saturated heterocycles. The third kappa shape index (κ3) is 4.12. The first-order valence-corrected chi connectivity index (χ1v) is 11.5. The van der Waals surface area contributed by atoms with Crippen LogP contribution in [-0.2, 0) is 0 Å². The van der Waals surface area contributed by atoms with Gasteiger partial charge in [-0.2, -0.15) is 0 Å². The Morgan fingerprint density at radius 1 is 1.11 bits per heavy atom. The third-order valence-corrected chi connectivity index (χ3v) is 8.38. The smallest absolute Gasteiger partial charge is 0.0784 e. The maximum absolute atomic E-state index is 10.1. The van der Waals surface area contributed by atoms with E-state index < -0.39 is 0 Å². The second kappa shape index (κ2) is 8.25. The van der Waals surface area contributed by atoms with E-state index in [9.17, 15) is 5.11 Å². The average Bonchev–Trinajstić information content (AvgIpc) is 3.28. The van der Waals surface area contributed by atoms with Gasteiger partial charge >= 0.3 is 0 Å². The second-order valence-corrected chi connectivity index (χ2v) is 9.97. The van der Waals surface area contributed by atoms with Crippen LogP contribution >= 0.6 is 0 Å². The Hall–Kier alpha value is -0.860. The molecule has 1 aliphatic heterocycles. The molecule has 27 heavy (non-hydrogen) atoms. The summed E-state index contributed by atoms with van der Waals surface area (Å²) in [5, 5.41) is 10.1. The molecular weight excluding hydrogens is 330 g/mol. The van der Waals surface area contributed by atoms with Crippen molar-refractivity contribution in [2.24, 2.45) is 17.3 Å². The molecule has 4 atom stereocenters. The number of aliphatic hydroxyl groups excluding tert-OH is 1. The quantitative estimate of drug-likeness (QED) is 0.648. The number of hydrogen-bond acceptors (Lipinski definition) is 2. The molecule has 0 spiro atoms. The van der Waals surface area contributed by atoms with Crippen LogP contribution in [0.25, 0.3) is 0 Å². The molecule has 150 valence electrons. The van der Waals surface area contributed by atoms with Crippen LogP contribution < -0.4 is 0 Å². The van der Waals surface area contributed by atoms with Crippen LogP contribution in [0.1, 0.15) is 77.6 Å². The summed E-state index contributed by atoms with van der Waals surface area (Å²) in [5.74, 6) is 1.72. The molecule has 4 aliphatic rings. The minimum Gasteiger partial charge on any atom is -0.388 e. The fraction of sp³-hybridized carbons (Fsp3) is 0.760. The van der Waals surface area contributed by atoms with E-state index >= 15 is 0 Å². The number of aliphatic hydroxyl groups is 1. The molecule has 2 heteroatoms. The molecule has 1 heterocycles. The fourth-order valence-corrected chi connectivity index (χ4v) is 6.52. The minimum atomic E-state index is -0.318. The number of rotatable bonds is 4. The van der Waals surface area contributed by atoms with Crippen LogP contribution in [0.3, 0.4) is 0 Å². The van der Waals surface area contributed by atoms with Crippen molar-refractivity contribution >= 4 is 0 Å². The van der Waals surface area contributed by atoms with E-state index in [4.69, 9.17) is 0 Å². The van der Waals surface area contributed by atoms with Gasteiger partial charge in [0.15, 0.2) is 0 Å². The molecule has 0 amide bonds. The van der Waals surface area contributed by atoms with Crippen LogP contribution in [0.15, 0.2) is 35.5 Å². The summed E-state index contributed by atoms with van der Waals surface area (Å²) in [6.45, 7) is 10.6. The van der Waals surface area contributed by atoms with E-state index in [0.29, 0.717) is 5.41 Å². The topological polar surface area (TPSA) is 23.5 Å². The molecule has 3 unspecified atom stereocenters. The Morgan fingerprint density at radius 2 is 1.93 bits per heavy atom. The molecule has 4 rings (SSSR count). The van der Waals surface area contributed by atoms with E-state index in [1.807, 2.05) is 0 Å². The zero-order chi connectivity index (χ0) is 18.9. The maximum Gasteiger partial charge on any atom is 0.0784 e. The summed E-state index contributed by atoms with van der Waals surface area (Å²) >= 11 is 0. The highest BCUT2D eigenvalue weighted by Gasteiger charge is 2.48. The van der Waals surface area contributed by atoms with E-state index in [2.05, 4.69) is 30.6 Å². The largest absolute Gasteiger partial charge is 0.388 e. The number of likely N-dealkylation sites (tertiary alicyclic amines) is 1. The number of fused-ring (bicyclic) bond motifs is 1. The molecule has 0 aromatic carbocycles. The van der Waals surface area contributed by atoms with Gasteiger partial charge in [-0.05, 0) is 113 Å². The van der Waals surface area contributed by atoms with E-state index in [-0.39, 0.29) is 6.10 Å². The molecule has 3 aliphatic carbocycles. The molecule has 0 radical (unpaired) electrons. The van der Waals surface area contributed by atoms with Gasteiger partial charge in [-0.1, -0.05) is 36.8 Å². The Bertz CT molecular complexity index is 612. The predicted molar refractivity (Wildman–Crippen MR) is 114 cm³/mol. The summed E-state index contributed by atoms with van der Waals surface area (Å²) in [4.78, 5) is 2.70. The highest BCUT2D eigenvalue weighted by atomic mass is 16.3. The van der Waals surface area contributed by atoms with E-state index in [1.54, 1.807) is 5.57 Å². The molecule has 0 aromatic rings. The number of hydrogen-bond donors (Lipinski definition) is 1. The first-order valence-electron chi connectivity index (χ1n) is 11.5.